The minimum atomic E-state index is -0.0956. The van der Waals surface area contributed by atoms with Gasteiger partial charge in [-0.2, -0.15) is 0 Å². The molecule has 3 nitrogen and oxygen atoms in total. The lowest BCUT2D eigenvalue weighted by atomic mass is 10.1. The number of para-hydroxylation sites is 1. The van der Waals surface area contributed by atoms with Crippen molar-refractivity contribution in [2.45, 2.75) is 6.92 Å². The summed E-state index contributed by atoms with van der Waals surface area (Å²) in [6.45, 7) is 1.88. The second kappa shape index (κ2) is 4.45. The van der Waals surface area contributed by atoms with E-state index in [9.17, 15) is 4.79 Å². The molecule has 1 heterocycles. The molecule has 1 aromatic heterocycles. The summed E-state index contributed by atoms with van der Waals surface area (Å²) in [6.07, 6.45) is 0. The van der Waals surface area contributed by atoms with Crippen molar-refractivity contribution < 1.29 is 9.53 Å². The van der Waals surface area contributed by atoms with Gasteiger partial charge in [0.15, 0.2) is 0 Å². The van der Waals surface area contributed by atoms with Gasteiger partial charge in [0.2, 0.25) is 5.78 Å². The number of thiazole rings is 1. The van der Waals surface area contributed by atoms with Gasteiger partial charge in [-0.05, 0) is 19.1 Å². The van der Waals surface area contributed by atoms with Gasteiger partial charge in [-0.15, -0.1) is 11.3 Å². The molecule has 0 atom stereocenters. The Balaban J connectivity index is 2.41. The number of methoxy groups -OCH3 is 1. The molecule has 0 aliphatic carbocycles. The lowest BCUT2D eigenvalue weighted by molar-refractivity contribution is 0.103. The number of benzene rings is 1. The number of aryl methyl sites for hydroxylation is 1. The maximum atomic E-state index is 12.1. The summed E-state index contributed by atoms with van der Waals surface area (Å²) >= 11 is 1.47. The molecule has 0 fully saturated rings. The highest BCUT2D eigenvalue weighted by molar-refractivity contribution is 7.09. The van der Waals surface area contributed by atoms with Crippen molar-refractivity contribution in [2.24, 2.45) is 0 Å². The van der Waals surface area contributed by atoms with Gasteiger partial charge in [-0.1, -0.05) is 12.1 Å². The Morgan fingerprint density at radius 2 is 2.12 bits per heavy atom. The van der Waals surface area contributed by atoms with Crippen LogP contribution in [0.15, 0.2) is 29.6 Å². The van der Waals surface area contributed by atoms with Crippen molar-refractivity contribution in [1.82, 2.24) is 4.98 Å². The van der Waals surface area contributed by atoms with Crippen LogP contribution in [0, 0.1) is 6.92 Å². The first-order valence-electron chi connectivity index (χ1n) is 4.82. The molecule has 0 aliphatic rings. The molecule has 0 unspecified atom stereocenters. The standard InChI is InChI=1S/C12H11NO2S/c1-8-13-10(7-16-8)12(14)9-5-3-4-6-11(9)15-2/h3-7H,1-2H3. The topological polar surface area (TPSA) is 39.2 Å². The van der Waals surface area contributed by atoms with E-state index in [1.165, 1.54) is 11.3 Å². The summed E-state index contributed by atoms with van der Waals surface area (Å²) in [7, 11) is 1.55. The van der Waals surface area contributed by atoms with Crippen molar-refractivity contribution in [1.29, 1.82) is 0 Å². The zero-order valence-electron chi connectivity index (χ0n) is 9.06. The molecule has 2 aromatic rings. The van der Waals surface area contributed by atoms with E-state index in [0.717, 1.165) is 5.01 Å². The molecular weight excluding hydrogens is 222 g/mol. The Labute approximate surface area is 97.7 Å². The van der Waals surface area contributed by atoms with E-state index in [1.807, 2.05) is 19.1 Å². The predicted octanol–water partition coefficient (Wildman–Crippen LogP) is 2.69. The fourth-order valence-corrected chi connectivity index (χ4v) is 2.03. The summed E-state index contributed by atoms with van der Waals surface area (Å²) in [4.78, 5) is 16.3. The summed E-state index contributed by atoms with van der Waals surface area (Å²) in [5.41, 5.74) is 1.03. The maximum Gasteiger partial charge on any atom is 0.215 e. The normalized spacial score (nSPS) is 10.1. The highest BCUT2D eigenvalue weighted by atomic mass is 32.1. The second-order valence-electron chi connectivity index (χ2n) is 3.28. The van der Waals surface area contributed by atoms with Crippen LogP contribution in [0.2, 0.25) is 0 Å². The third-order valence-electron chi connectivity index (χ3n) is 2.20. The molecule has 0 N–H and O–H groups in total. The van der Waals surface area contributed by atoms with Crippen LogP contribution in [-0.4, -0.2) is 17.9 Å². The van der Waals surface area contributed by atoms with Crippen LogP contribution in [0.4, 0.5) is 0 Å². The molecule has 16 heavy (non-hydrogen) atoms. The molecule has 4 heteroatoms. The average molecular weight is 233 g/mol. The zero-order valence-corrected chi connectivity index (χ0v) is 9.88. The Morgan fingerprint density at radius 1 is 1.38 bits per heavy atom. The van der Waals surface area contributed by atoms with E-state index in [0.29, 0.717) is 17.0 Å². The Morgan fingerprint density at radius 3 is 2.75 bits per heavy atom. The van der Waals surface area contributed by atoms with Gasteiger partial charge in [0.1, 0.15) is 11.4 Å². The van der Waals surface area contributed by atoms with Crippen molar-refractivity contribution in [3.63, 3.8) is 0 Å². The van der Waals surface area contributed by atoms with Crippen LogP contribution < -0.4 is 4.74 Å². The molecule has 1 aromatic carbocycles. The number of carbonyl (C=O) groups is 1. The summed E-state index contributed by atoms with van der Waals surface area (Å²) in [5.74, 6) is 0.486. The van der Waals surface area contributed by atoms with Crippen molar-refractivity contribution in [3.05, 3.63) is 45.9 Å². The largest absolute Gasteiger partial charge is 0.496 e. The van der Waals surface area contributed by atoms with Gasteiger partial charge in [-0.3, -0.25) is 4.79 Å². The van der Waals surface area contributed by atoms with E-state index >= 15 is 0 Å². The number of carbonyl (C=O) groups excluding carboxylic acids is 1. The summed E-state index contributed by atoms with van der Waals surface area (Å²) < 4.78 is 5.15. The fourth-order valence-electron chi connectivity index (χ4n) is 1.44. The van der Waals surface area contributed by atoms with E-state index in [2.05, 4.69) is 4.98 Å². The molecule has 82 valence electrons. The first kappa shape index (κ1) is 10.8. The molecule has 2 rings (SSSR count). The van der Waals surface area contributed by atoms with Crippen LogP contribution in [0.25, 0.3) is 0 Å². The van der Waals surface area contributed by atoms with Crippen molar-refractivity contribution in [3.8, 4) is 5.75 Å². The minimum Gasteiger partial charge on any atom is -0.496 e. The lowest BCUT2D eigenvalue weighted by Crippen LogP contribution is -2.04. The third-order valence-corrected chi connectivity index (χ3v) is 2.98. The Hall–Kier alpha value is -1.68. The van der Waals surface area contributed by atoms with Gasteiger partial charge in [0.25, 0.3) is 0 Å². The van der Waals surface area contributed by atoms with E-state index in [4.69, 9.17) is 4.74 Å². The third kappa shape index (κ3) is 1.97. The van der Waals surface area contributed by atoms with Crippen molar-refractivity contribution >= 4 is 17.1 Å². The maximum absolute atomic E-state index is 12.1. The molecule has 0 spiro atoms. The van der Waals surface area contributed by atoms with Gasteiger partial charge in [0.05, 0.1) is 17.7 Å². The molecule has 0 saturated carbocycles. The van der Waals surface area contributed by atoms with Crippen molar-refractivity contribution in [2.75, 3.05) is 7.11 Å². The highest BCUT2D eigenvalue weighted by Gasteiger charge is 2.15. The first-order valence-corrected chi connectivity index (χ1v) is 5.70. The molecule has 0 bridgehead atoms. The number of aromatic nitrogens is 1. The lowest BCUT2D eigenvalue weighted by Gasteiger charge is -2.04. The minimum absolute atomic E-state index is 0.0956. The van der Waals surface area contributed by atoms with Crippen LogP contribution in [0.5, 0.6) is 5.75 Å². The average Bonchev–Trinajstić information content (AvgIpc) is 2.75. The summed E-state index contributed by atoms with van der Waals surface area (Å²) in [5, 5.41) is 2.66. The number of hydrogen-bond acceptors (Lipinski definition) is 4. The van der Waals surface area contributed by atoms with E-state index < -0.39 is 0 Å². The number of ether oxygens (including phenoxy) is 1. The van der Waals surface area contributed by atoms with Crippen LogP contribution in [0.1, 0.15) is 21.1 Å². The van der Waals surface area contributed by atoms with E-state index in [-0.39, 0.29) is 5.78 Å². The highest BCUT2D eigenvalue weighted by Crippen LogP contribution is 2.21. The van der Waals surface area contributed by atoms with Gasteiger partial charge >= 0.3 is 0 Å². The van der Waals surface area contributed by atoms with Gasteiger partial charge < -0.3 is 4.74 Å². The zero-order chi connectivity index (χ0) is 11.5. The van der Waals surface area contributed by atoms with Crippen LogP contribution in [0.3, 0.4) is 0 Å². The fraction of sp³-hybridized carbons (Fsp3) is 0.167. The molecular formula is C12H11NO2S. The number of rotatable bonds is 3. The smallest absolute Gasteiger partial charge is 0.215 e. The monoisotopic (exact) mass is 233 g/mol. The molecule has 0 aliphatic heterocycles. The van der Waals surface area contributed by atoms with Crippen LogP contribution >= 0.6 is 11.3 Å². The Bertz CT molecular complexity index is 519. The molecule has 0 amide bonds. The number of nitrogens with zero attached hydrogens (tertiary/aromatic N) is 1. The number of hydrogen-bond donors (Lipinski definition) is 0. The summed E-state index contributed by atoms with van der Waals surface area (Å²) in [6, 6.07) is 7.17. The Kier molecular flexibility index (Phi) is 3.01. The predicted molar refractivity (Wildman–Crippen MR) is 63.3 cm³/mol. The van der Waals surface area contributed by atoms with Crippen LogP contribution in [-0.2, 0) is 0 Å². The number of ketones is 1. The SMILES string of the molecule is COc1ccccc1C(=O)c1csc(C)n1. The quantitative estimate of drug-likeness (QED) is 0.765. The second-order valence-corrected chi connectivity index (χ2v) is 4.34. The van der Waals surface area contributed by atoms with E-state index in [1.54, 1.807) is 24.6 Å². The van der Waals surface area contributed by atoms with Gasteiger partial charge in [0, 0.05) is 5.38 Å². The first-order chi connectivity index (χ1) is 7.72. The molecule has 0 saturated heterocycles. The van der Waals surface area contributed by atoms with Gasteiger partial charge in [-0.25, -0.2) is 4.98 Å². The molecule has 0 radical (unpaired) electrons.